The van der Waals surface area contributed by atoms with Crippen molar-refractivity contribution in [3.63, 3.8) is 0 Å². The van der Waals surface area contributed by atoms with Crippen LogP contribution in [-0.2, 0) is 0 Å². The van der Waals surface area contributed by atoms with E-state index in [9.17, 15) is 4.79 Å². The molecule has 0 aliphatic carbocycles. The number of carbonyl (C=O) groups is 1. The largest absolute Gasteiger partial charge is 0.319 e. The zero-order valence-corrected chi connectivity index (χ0v) is 12.1. The lowest BCUT2D eigenvalue weighted by Crippen LogP contribution is -2.14. The highest BCUT2D eigenvalue weighted by Gasteiger charge is 2.14. The van der Waals surface area contributed by atoms with Crippen molar-refractivity contribution in [2.75, 3.05) is 5.32 Å². The van der Waals surface area contributed by atoms with Gasteiger partial charge in [-0.3, -0.25) is 4.79 Å². The van der Waals surface area contributed by atoms with E-state index < -0.39 is 5.91 Å². The van der Waals surface area contributed by atoms with Crippen molar-refractivity contribution in [2.45, 2.75) is 6.92 Å². The van der Waals surface area contributed by atoms with Crippen molar-refractivity contribution in [1.29, 1.82) is 0 Å². The van der Waals surface area contributed by atoms with Crippen LogP contribution in [-0.4, -0.2) is 10.9 Å². The zero-order valence-electron chi connectivity index (χ0n) is 9.88. The third-order valence-electron chi connectivity index (χ3n) is 2.40. The lowest BCUT2D eigenvalue weighted by Gasteiger charge is -2.08. The van der Waals surface area contributed by atoms with Crippen molar-refractivity contribution in [2.24, 2.45) is 0 Å². The van der Waals surface area contributed by atoms with Crippen LogP contribution in [0.1, 0.15) is 16.1 Å². The number of rotatable bonds is 2. The normalized spacial score (nSPS) is 10.3. The average Bonchev–Trinajstić information content (AvgIpc) is 2.36. The number of amides is 1. The molecule has 0 bridgehead atoms. The van der Waals surface area contributed by atoms with Crippen molar-refractivity contribution < 1.29 is 4.79 Å². The second-order valence-electron chi connectivity index (χ2n) is 3.90. The van der Waals surface area contributed by atoms with E-state index in [1.165, 1.54) is 12.1 Å². The second-order valence-corrected chi connectivity index (χ2v) is 5.10. The number of halogens is 3. The number of nitrogens with zero attached hydrogens (tertiary/aromatic N) is 1. The lowest BCUT2D eigenvalue weighted by atomic mass is 10.2. The van der Waals surface area contributed by atoms with Gasteiger partial charge in [0.1, 0.15) is 10.8 Å². The number of aromatic nitrogens is 1. The van der Waals surface area contributed by atoms with Gasteiger partial charge in [0.05, 0.1) is 15.7 Å². The van der Waals surface area contributed by atoms with E-state index in [4.69, 9.17) is 34.8 Å². The first-order valence-corrected chi connectivity index (χ1v) is 6.50. The van der Waals surface area contributed by atoms with Gasteiger partial charge >= 0.3 is 0 Å². The minimum absolute atomic E-state index is 0.0618. The van der Waals surface area contributed by atoms with Gasteiger partial charge in [-0.25, -0.2) is 4.98 Å². The van der Waals surface area contributed by atoms with E-state index in [0.29, 0.717) is 10.7 Å². The van der Waals surface area contributed by atoms with Gasteiger partial charge in [-0.05, 0) is 36.8 Å². The first kappa shape index (κ1) is 14.1. The van der Waals surface area contributed by atoms with Gasteiger partial charge < -0.3 is 5.32 Å². The number of carbonyl (C=O) groups excluding carboxylic acids is 1. The Morgan fingerprint density at radius 3 is 2.53 bits per heavy atom. The summed E-state index contributed by atoms with van der Waals surface area (Å²) in [7, 11) is 0. The molecule has 0 unspecified atom stereocenters. The zero-order chi connectivity index (χ0) is 14.0. The van der Waals surface area contributed by atoms with E-state index in [-0.39, 0.29) is 15.9 Å². The minimum Gasteiger partial charge on any atom is -0.319 e. The van der Waals surface area contributed by atoms with E-state index in [0.717, 1.165) is 5.56 Å². The van der Waals surface area contributed by atoms with Crippen LogP contribution in [0.3, 0.4) is 0 Å². The molecule has 1 N–H and O–H groups in total. The second kappa shape index (κ2) is 5.78. The molecular weight excluding hydrogens is 307 g/mol. The van der Waals surface area contributed by atoms with E-state index >= 15 is 0 Å². The van der Waals surface area contributed by atoms with Gasteiger partial charge in [0.15, 0.2) is 0 Å². The van der Waals surface area contributed by atoms with Crippen molar-refractivity contribution in [3.05, 3.63) is 56.8 Å². The smallest absolute Gasteiger partial charge is 0.275 e. The predicted molar refractivity (Wildman–Crippen MR) is 78.4 cm³/mol. The lowest BCUT2D eigenvalue weighted by molar-refractivity contribution is 0.102. The summed E-state index contributed by atoms with van der Waals surface area (Å²) in [6.45, 7) is 1.90. The standard InChI is InChI=1S/C13H9Cl3N2O/c1-7-2-3-8(14)10(6-7)17-13(19)12-9(15)4-5-11(16)18-12/h2-6H,1H3,(H,17,19). The quantitative estimate of drug-likeness (QED) is 0.823. The van der Waals surface area contributed by atoms with Gasteiger partial charge in [0, 0.05) is 0 Å². The highest BCUT2D eigenvalue weighted by atomic mass is 35.5. The van der Waals surface area contributed by atoms with Crippen LogP contribution in [0, 0.1) is 6.92 Å². The Morgan fingerprint density at radius 1 is 1.11 bits per heavy atom. The van der Waals surface area contributed by atoms with Crippen LogP contribution in [0.2, 0.25) is 15.2 Å². The topological polar surface area (TPSA) is 42.0 Å². The molecular formula is C13H9Cl3N2O. The molecule has 0 saturated carbocycles. The fourth-order valence-electron chi connectivity index (χ4n) is 1.49. The number of benzene rings is 1. The van der Waals surface area contributed by atoms with Gasteiger partial charge in [-0.2, -0.15) is 0 Å². The summed E-state index contributed by atoms with van der Waals surface area (Å²) < 4.78 is 0. The Balaban J connectivity index is 2.30. The molecule has 2 rings (SSSR count). The molecule has 1 aromatic heterocycles. The molecule has 0 radical (unpaired) electrons. The molecule has 0 aliphatic rings. The Hall–Kier alpha value is -1.29. The molecule has 0 atom stereocenters. The summed E-state index contributed by atoms with van der Waals surface area (Å²) in [4.78, 5) is 16.0. The molecule has 1 amide bonds. The summed E-state index contributed by atoms with van der Waals surface area (Å²) in [5, 5.41) is 3.53. The third-order valence-corrected chi connectivity index (χ3v) is 3.24. The highest BCUT2D eigenvalue weighted by Crippen LogP contribution is 2.24. The number of hydrogen-bond acceptors (Lipinski definition) is 2. The van der Waals surface area contributed by atoms with E-state index in [1.54, 1.807) is 12.1 Å². The Labute approximate surface area is 125 Å². The molecule has 1 aromatic carbocycles. The molecule has 1 heterocycles. The maximum Gasteiger partial charge on any atom is 0.275 e. The van der Waals surface area contributed by atoms with Crippen LogP contribution in [0.15, 0.2) is 30.3 Å². The number of anilines is 1. The van der Waals surface area contributed by atoms with E-state index in [2.05, 4.69) is 10.3 Å². The van der Waals surface area contributed by atoms with Crippen LogP contribution in [0.4, 0.5) is 5.69 Å². The van der Waals surface area contributed by atoms with Crippen molar-refractivity contribution in [3.8, 4) is 0 Å². The molecule has 19 heavy (non-hydrogen) atoms. The number of hydrogen-bond donors (Lipinski definition) is 1. The van der Waals surface area contributed by atoms with Crippen LogP contribution >= 0.6 is 34.8 Å². The van der Waals surface area contributed by atoms with Gasteiger partial charge in [0.2, 0.25) is 0 Å². The van der Waals surface area contributed by atoms with Crippen LogP contribution < -0.4 is 5.32 Å². The fraction of sp³-hybridized carbons (Fsp3) is 0.0769. The summed E-state index contributed by atoms with van der Waals surface area (Å²) in [6, 6.07) is 8.35. The van der Waals surface area contributed by atoms with Gasteiger partial charge in [-0.15, -0.1) is 0 Å². The number of nitrogens with one attached hydrogen (secondary N) is 1. The summed E-state index contributed by atoms with van der Waals surface area (Å²) >= 11 is 17.7. The monoisotopic (exact) mass is 314 g/mol. The third kappa shape index (κ3) is 3.38. The summed E-state index contributed by atoms with van der Waals surface area (Å²) in [5.41, 5.74) is 1.54. The van der Waals surface area contributed by atoms with Crippen molar-refractivity contribution in [1.82, 2.24) is 4.98 Å². The van der Waals surface area contributed by atoms with Gasteiger partial charge in [-0.1, -0.05) is 40.9 Å². The predicted octanol–water partition coefficient (Wildman–Crippen LogP) is 4.60. The molecule has 98 valence electrons. The molecule has 3 nitrogen and oxygen atoms in total. The maximum absolute atomic E-state index is 12.1. The SMILES string of the molecule is Cc1ccc(Cl)c(NC(=O)c2nc(Cl)ccc2Cl)c1. The summed E-state index contributed by atoms with van der Waals surface area (Å²) in [5.74, 6) is -0.458. The molecule has 0 saturated heterocycles. The van der Waals surface area contributed by atoms with E-state index in [1.807, 2.05) is 13.0 Å². The number of aryl methyl sites for hydroxylation is 1. The molecule has 0 fully saturated rings. The molecule has 0 spiro atoms. The Kier molecular flexibility index (Phi) is 4.30. The Bertz CT molecular complexity index is 644. The fourth-order valence-corrected chi connectivity index (χ4v) is 2.00. The first-order valence-electron chi connectivity index (χ1n) is 5.37. The van der Waals surface area contributed by atoms with Gasteiger partial charge in [0.25, 0.3) is 5.91 Å². The van der Waals surface area contributed by atoms with Crippen LogP contribution in [0.5, 0.6) is 0 Å². The summed E-state index contributed by atoms with van der Waals surface area (Å²) in [6.07, 6.45) is 0. The average molecular weight is 316 g/mol. The number of pyridine rings is 1. The highest BCUT2D eigenvalue weighted by molar-refractivity contribution is 6.36. The van der Waals surface area contributed by atoms with Crippen molar-refractivity contribution >= 4 is 46.4 Å². The molecule has 6 heteroatoms. The maximum atomic E-state index is 12.1. The Morgan fingerprint density at radius 2 is 1.79 bits per heavy atom. The minimum atomic E-state index is -0.458. The van der Waals surface area contributed by atoms with Crippen LogP contribution in [0.25, 0.3) is 0 Å². The molecule has 0 aliphatic heterocycles. The molecule has 2 aromatic rings. The first-order chi connectivity index (χ1) is 8.97.